The van der Waals surface area contributed by atoms with Crippen LogP contribution in [-0.2, 0) is 4.79 Å². The van der Waals surface area contributed by atoms with Crippen LogP contribution in [0.15, 0.2) is 91.1 Å². The van der Waals surface area contributed by atoms with Crippen molar-refractivity contribution in [1.82, 2.24) is 14.5 Å². The van der Waals surface area contributed by atoms with Gasteiger partial charge in [-0.3, -0.25) is 9.59 Å². The number of ketones is 1. The first-order chi connectivity index (χ1) is 17.0. The van der Waals surface area contributed by atoms with Gasteiger partial charge in [-0.05, 0) is 18.2 Å². The van der Waals surface area contributed by atoms with Crippen molar-refractivity contribution in [3.05, 3.63) is 102 Å². The van der Waals surface area contributed by atoms with E-state index >= 15 is 0 Å². The monoisotopic (exact) mass is 481 g/mol. The number of nitrogens with zero attached hydrogens (tertiary/aromatic N) is 3. The van der Waals surface area contributed by atoms with Crippen LogP contribution in [0.2, 0.25) is 5.02 Å². The molecule has 0 saturated carbocycles. The predicted octanol–water partition coefficient (Wildman–Crippen LogP) is 6.46. The summed E-state index contributed by atoms with van der Waals surface area (Å²) in [5, 5.41) is 10.2. The number of carbonyl (C=O) groups excluding carboxylic acids is 1. The zero-order valence-electron chi connectivity index (χ0n) is 18.6. The molecule has 0 bridgehead atoms. The number of halogens is 1. The van der Waals surface area contributed by atoms with Gasteiger partial charge in [0.25, 0.3) is 0 Å². The molecule has 0 fully saturated rings. The van der Waals surface area contributed by atoms with E-state index in [-0.39, 0.29) is 18.6 Å². The summed E-state index contributed by atoms with van der Waals surface area (Å²) in [5.41, 5.74) is 3.69. The molecule has 0 atom stereocenters. The van der Waals surface area contributed by atoms with Crippen LogP contribution in [0, 0.1) is 0 Å². The fourth-order valence-electron chi connectivity index (χ4n) is 4.00. The zero-order chi connectivity index (χ0) is 24.4. The number of aromatic nitrogens is 3. The summed E-state index contributed by atoms with van der Waals surface area (Å²) in [7, 11) is 0. The van der Waals surface area contributed by atoms with Gasteiger partial charge in [0.05, 0.1) is 17.6 Å². The van der Waals surface area contributed by atoms with Gasteiger partial charge in [0.2, 0.25) is 0 Å². The van der Waals surface area contributed by atoms with Crippen LogP contribution in [0.1, 0.15) is 23.2 Å². The third kappa shape index (κ3) is 4.69. The third-order valence-corrected chi connectivity index (χ3v) is 5.93. The predicted molar refractivity (Wildman–Crippen MR) is 136 cm³/mol. The zero-order valence-corrected chi connectivity index (χ0v) is 19.3. The molecule has 7 heteroatoms. The summed E-state index contributed by atoms with van der Waals surface area (Å²) < 4.78 is 1.83. The second kappa shape index (κ2) is 9.52. The molecule has 172 valence electrons. The Hall–Kier alpha value is -4.29. The maximum atomic E-state index is 12.9. The van der Waals surface area contributed by atoms with E-state index in [0.29, 0.717) is 27.6 Å². The number of rotatable bonds is 7. The minimum absolute atomic E-state index is 0.102. The SMILES string of the molecule is O=C(O)CCC(=O)c1cn(-c2cc(-c3ccccc3)nc(-c3ccccc3)n2)c2ccc(Cl)cc12. The number of hydrogen-bond acceptors (Lipinski definition) is 4. The van der Waals surface area contributed by atoms with Crippen LogP contribution in [-0.4, -0.2) is 31.4 Å². The van der Waals surface area contributed by atoms with Crippen molar-refractivity contribution in [2.45, 2.75) is 12.8 Å². The number of aliphatic carboxylic acids is 1. The lowest BCUT2D eigenvalue weighted by atomic mass is 10.1. The van der Waals surface area contributed by atoms with E-state index in [4.69, 9.17) is 26.7 Å². The third-order valence-electron chi connectivity index (χ3n) is 5.69. The van der Waals surface area contributed by atoms with Crippen LogP contribution in [0.4, 0.5) is 0 Å². The molecule has 3 aromatic carbocycles. The highest BCUT2D eigenvalue weighted by atomic mass is 35.5. The Labute approximate surface area is 206 Å². The van der Waals surface area contributed by atoms with Gasteiger partial charge >= 0.3 is 5.97 Å². The molecule has 0 unspecified atom stereocenters. The van der Waals surface area contributed by atoms with Gasteiger partial charge in [-0.1, -0.05) is 72.3 Å². The van der Waals surface area contributed by atoms with E-state index in [1.165, 1.54) is 0 Å². The van der Waals surface area contributed by atoms with Gasteiger partial charge in [-0.15, -0.1) is 0 Å². The molecule has 0 aliphatic heterocycles. The van der Waals surface area contributed by atoms with E-state index in [1.807, 2.05) is 77.4 Å². The van der Waals surface area contributed by atoms with Crippen molar-refractivity contribution in [2.75, 3.05) is 0 Å². The molecule has 2 aromatic heterocycles. The van der Waals surface area contributed by atoms with E-state index in [2.05, 4.69) is 0 Å². The number of fused-ring (bicyclic) bond motifs is 1. The summed E-state index contributed by atoms with van der Waals surface area (Å²) in [6.45, 7) is 0. The van der Waals surface area contributed by atoms with E-state index in [0.717, 1.165) is 22.3 Å². The molecule has 0 saturated heterocycles. The molecular formula is C28H20ClN3O3. The van der Waals surface area contributed by atoms with Crippen molar-refractivity contribution >= 4 is 34.3 Å². The van der Waals surface area contributed by atoms with Gasteiger partial charge in [0.15, 0.2) is 11.6 Å². The van der Waals surface area contributed by atoms with E-state index in [1.54, 1.807) is 18.3 Å². The molecule has 0 spiro atoms. The second-order valence-corrected chi connectivity index (χ2v) is 8.49. The number of hydrogen-bond donors (Lipinski definition) is 1. The van der Waals surface area contributed by atoms with Crippen molar-refractivity contribution in [1.29, 1.82) is 0 Å². The number of carboxylic acid groups (broad SMARTS) is 1. The van der Waals surface area contributed by atoms with Crippen LogP contribution < -0.4 is 0 Å². The van der Waals surface area contributed by atoms with Gasteiger partial charge < -0.3 is 9.67 Å². The highest BCUT2D eigenvalue weighted by Crippen LogP contribution is 2.31. The van der Waals surface area contributed by atoms with E-state index in [9.17, 15) is 9.59 Å². The second-order valence-electron chi connectivity index (χ2n) is 8.06. The number of carboxylic acids is 1. The quantitative estimate of drug-likeness (QED) is 0.270. The van der Waals surface area contributed by atoms with Crippen molar-refractivity contribution < 1.29 is 14.7 Å². The molecule has 0 aliphatic rings. The first-order valence-electron chi connectivity index (χ1n) is 11.1. The Morgan fingerprint density at radius 1 is 0.829 bits per heavy atom. The molecule has 1 N–H and O–H groups in total. The smallest absolute Gasteiger partial charge is 0.303 e. The lowest BCUT2D eigenvalue weighted by Crippen LogP contribution is -2.04. The van der Waals surface area contributed by atoms with Crippen LogP contribution in [0.25, 0.3) is 39.4 Å². The maximum Gasteiger partial charge on any atom is 0.303 e. The number of Topliss-reactive ketones (excluding diaryl/α,β-unsaturated/α-hetero) is 1. The molecular weight excluding hydrogens is 462 g/mol. The lowest BCUT2D eigenvalue weighted by molar-refractivity contribution is -0.136. The van der Waals surface area contributed by atoms with Crippen molar-refractivity contribution in [3.63, 3.8) is 0 Å². The van der Waals surface area contributed by atoms with Crippen molar-refractivity contribution in [2.24, 2.45) is 0 Å². The summed E-state index contributed by atoms with van der Waals surface area (Å²) in [5.74, 6) is -0.145. The van der Waals surface area contributed by atoms with Gasteiger partial charge in [-0.25, -0.2) is 9.97 Å². The standard InChI is InChI=1S/C28H20ClN3O3/c29-20-11-12-24-21(15-20)22(25(33)13-14-27(34)35)17-32(24)26-16-23(18-7-3-1-4-8-18)30-28(31-26)19-9-5-2-6-10-19/h1-12,15-17H,13-14H2,(H,34,35). The summed E-state index contributed by atoms with van der Waals surface area (Å²) in [6, 6.07) is 26.7. The summed E-state index contributed by atoms with van der Waals surface area (Å²) in [4.78, 5) is 33.6. The topological polar surface area (TPSA) is 85.1 Å². The fourth-order valence-corrected chi connectivity index (χ4v) is 4.17. The number of benzene rings is 3. The number of carbonyl (C=O) groups is 2. The first-order valence-corrected chi connectivity index (χ1v) is 11.4. The fraction of sp³-hybridized carbons (Fsp3) is 0.0714. The summed E-state index contributed by atoms with van der Waals surface area (Å²) in [6.07, 6.45) is 1.36. The molecule has 5 rings (SSSR count). The molecule has 0 amide bonds. The molecule has 2 heterocycles. The normalized spacial score (nSPS) is 11.0. The van der Waals surface area contributed by atoms with Crippen LogP contribution in [0.5, 0.6) is 0 Å². The van der Waals surface area contributed by atoms with E-state index < -0.39 is 5.97 Å². The lowest BCUT2D eigenvalue weighted by Gasteiger charge is -2.11. The average Bonchev–Trinajstić information content (AvgIpc) is 3.27. The van der Waals surface area contributed by atoms with Crippen molar-refractivity contribution in [3.8, 4) is 28.5 Å². The maximum absolute atomic E-state index is 12.9. The Kier molecular flexibility index (Phi) is 6.12. The average molecular weight is 482 g/mol. The molecule has 35 heavy (non-hydrogen) atoms. The molecule has 0 aliphatic carbocycles. The van der Waals surface area contributed by atoms with Gasteiger partial charge in [0.1, 0.15) is 5.82 Å². The molecule has 5 aromatic rings. The minimum atomic E-state index is -1.02. The highest BCUT2D eigenvalue weighted by Gasteiger charge is 2.19. The van der Waals surface area contributed by atoms with Gasteiger partial charge in [0, 0.05) is 45.8 Å². The first kappa shape index (κ1) is 22.5. The molecule has 0 radical (unpaired) electrons. The van der Waals surface area contributed by atoms with Gasteiger partial charge in [-0.2, -0.15) is 0 Å². The van der Waals surface area contributed by atoms with Crippen LogP contribution >= 0.6 is 11.6 Å². The Morgan fingerprint density at radius 3 is 2.20 bits per heavy atom. The minimum Gasteiger partial charge on any atom is -0.481 e. The Balaban J connectivity index is 1.72. The Bertz CT molecular complexity index is 1490. The largest absolute Gasteiger partial charge is 0.481 e. The Morgan fingerprint density at radius 2 is 1.51 bits per heavy atom. The summed E-state index contributed by atoms with van der Waals surface area (Å²) >= 11 is 6.25. The highest BCUT2D eigenvalue weighted by molar-refractivity contribution is 6.31. The van der Waals surface area contributed by atoms with Crippen LogP contribution in [0.3, 0.4) is 0 Å². The molecule has 6 nitrogen and oxygen atoms in total.